The van der Waals surface area contributed by atoms with Crippen LogP contribution in [-0.2, 0) is 18.9 Å². The summed E-state index contributed by atoms with van der Waals surface area (Å²) in [4.78, 5) is 37.5. The Morgan fingerprint density at radius 3 is 0.690 bits per heavy atom. The van der Waals surface area contributed by atoms with Crippen LogP contribution in [0.3, 0.4) is 0 Å². The third kappa shape index (κ3) is 78.2. The van der Waals surface area contributed by atoms with Gasteiger partial charge in [0.25, 0.3) is 24.6 Å². The smallest absolute Gasteiger partial charge is 0.252 e. The second-order valence-electron chi connectivity index (χ2n) is 3.40. The van der Waals surface area contributed by atoms with E-state index in [0.29, 0.717) is 0 Å². The molecule has 166 valence electrons. The van der Waals surface area contributed by atoms with Gasteiger partial charge in [-0.2, -0.15) is 0 Å². The van der Waals surface area contributed by atoms with Gasteiger partial charge >= 0.3 is 0 Å². The molecule has 29 heavy (non-hydrogen) atoms. The number of hydrogen-bond acceptors (Lipinski definition) is 12. The van der Waals surface area contributed by atoms with Crippen LogP contribution < -0.4 is 20.4 Å². The molecule has 0 aromatic rings. The SMILES string of the molecule is C=CCOC(=O)[O-].C=CCOC(=O)[O-].C=CCOC(=O)[O-].C=CCOC(=O)[O-].[Pu]. The normalized spacial score (nSPS) is 7.17. The summed E-state index contributed by atoms with van der Waals surface area (Å²) in [6.45, 7) is 12.9. The molecule has 0 unspecified atom stereocenters. The number of ether oxygens (including phenoxy) is 4. The van der Waals surface area contributed by atoms with E-state index in [1.54, 1.807) is 0 Å². The van der Waals surface area contributed by atoms with Crippen LogP contribution in [0.1, 0.15) is 0 Å². The van der Waals surface area contributed by atoms with Crippen molar-refractivity contribution in [2.75, 3.05) is 26.4 Å². The van der Waals surface area contributed by atoms with Crippen molar-refractivity contribution in [2.45, 2.75) is 0 Å². The van der Waals surface area contributed by atoms with Crippen LogP contribution in [0, 0.1) is 29.2 Å². The van der Waals surface area contributed by atoms with Crippen molar-refractivity contribution in [1.82, 2.24) is 0 Å². The average molecular weight is 648 g/mol. The van der Waals surface area contributed by atoms with Crippen molar-refractivity contribution < 1.29 is 87.7 Å². The van der Waals surface area contributed by atoms with E-state index >= 15 is 0 Å². The van der Waals surface area contributed by atoms with Crippen molar-refractivity contribution in [3.63, 3.8) is 0 Å². The summed E-state index contributed by atoms with van der Waals surface area (Å²) in [5.74, 6) is 0. The maximum absolute atomic E-state index is 9.38. The number of carbonyl (C=O) groups excluding carboxylic acids is 4. The molecule has 0 aromatic carbocycles. The number of carboxylic acid groups (broad SMARTS) is 4. The summed E-state index contributed by atoms with van der Waals surface area (Å²) >= 11 is 0. The van der Waals surface area contributed by atoms with Gasteiger partial charge in [0.2, 0.25) is 0 Å². The molecule has 0 heterocycles. The molecule has 0 amide bonds. The predicted octanol–water partition coefficient (Wildman–Crippen LogP) is -1.87. The first-order chi connectivity index (χ1) is 13.1. The number of rotatable bonds is 8. The topological polar surface area (TPSA) is 197 Å². The average Bonchev–Trinajstić information content (AvgIpc) is 2.62. The second-order valence-corrected chi connectivity index (χ2v) is 3.40. The Labute approximate surface area is 189 Å². The minimum Gasteiger partial charge on any atom is -0.546 e. The molecule has 0 aliphatic carbocycles. The zero-order valence-electron chi connectivity index (χ0n) is 15.3. The van der Waals surface area contributed by atoms with Crippen molar-refractivity contribution in [3.05, 3.63) is 50.6 Å². The standard InChI is InChI=1S/4C4H6O3.Pu/c4*1-2-3-7-4(5)6;/h4*2H,1,3H2,(H,5,6);/p-4. The molecule has 12 nitrogen and oxygen atoms in total. The van der Waals surface area contributed by atoms with Crippen LogP contribution in [0.15, 0.2) is 50.6 Å². The Hall–Kier alpha value is -2.97. The van der Waals surface area contributed by atoms with Gasteiger partial charge in [-0.25, -0.2) is 0 Å². The van der Waals surface area contributed by atoms with Crippen molar-refractivity contribution in [2.24, 2.45) is 0 Å². The molecule has 0 fully saturated rings. The van der Waals surface area contributed by atoms with Crippen molar-refractivity contribution in [1.29, 1.82) is 0 Å². The van der Waals surface area contributed by atoms with E-state index in [-0.39, 0.29) is 55.6 Å². The molecular formula is C16H20O12Pu-4. The fourth-order valence-electron chi connectivity index (χ4n) is 0.508. The Bertz CT molecular complexity index is 402. The van der Waals surface area contributed by atoms with Gasteiger partial charge in [0.1, 0.15) is 0 Å². The van der Waals surface area contributed by atoms with Crippen LogP contribution in [-0.4, -0.2) is 51.0 Å². The molecule has 0 spiro atoms. The first kappa shape index (κ1) is 36.9. The van der Waals surface area contributed by atoms with Crippen LogP contribution >= 0.6 is 0 Å². The van der Waals surface area contributed by atoms with E-state index in [4.69, 9.17) is 0 Å². The fourth-order valence-corrected chi connectivity index (χ4v) is 0.508. The molecular weight excluding hydrogens is 628 g/mol. The van der Waals surface area contributed by atoms with E-state index in [0.717, 1.165) is 0 Å². The molecule has 0 aliphatic rings. The molecule has 0 bridgehead atoms. The zero-order chi connectivity index (χ0) is 22.8. The third-order valence-electron chi connectivity index (χ3n) is 1.28. The molecule has 0 aliphatic heterocycles. The maximum atomic E-state index is 9.38. The molecule has 0 saturated carbocycles. The summed E-state index contributed by atoms with van der Waals surface area (Å²) in [5, 5.41) is 37.5. The van der Waals surface area contributed by atoms with E-state index in [1.165, 1.54) is 24.3 Å². The molecule has 0 saturated heterocycles. The van der Waals surface area contributed by atoms with Crippen LogP contribution in [0.4, 0.5) is 19.2 Å². The van der Waals surface area contributed by atoms with Crippen molar-refractivity contribution >= 4 is 24.6 Å². The zero-order valence-corrected chi connectivity index (χ0v) is 18.7. The minimum absolute atomic E-state index is 0. The monoisotopic (exact) mass is 642 g/mol. The molecule has 13 heteroatoms. The molecule has 0 radical (unpaired) electrons. The summed E-state index contributed by atoms with van der Waals surface area (Å²) in [6.07, 6.45) is -0.739. The summed E-state index contributed by atoms with van der Waals surface area (Å²) < 4.78 is 15.5. The van der Waals surface area contributed by atoms with Crippen LogP contribution in [0.2, 0.25) is 0 Å². The van der Waals surface area contributed by atoms with Crippen molar-refractivity contribution in [3.8, 4) is 0 Å². The van der Waals surface area contributed by atoms with Crippen LogP contribution in [0.25, 0.3) is 0 Å². The second kappa shape index (κ2) is 32.7. The molecule has 0 atom stereocenters. The van der Waals surface area contributed by atoms with Gasteiger partial charge in [-0.1, -0.05) is 24.3 Å². The quantitative estimate of drug-likeness (QED) is 0.162. The van der Waals surface area contributed by atoms with E-state index in [9.17, 15) is 39.6 Å². The summed E-state index contributed by atoms with van der Waals surface area (Å²) in [5.41, 5.74) is 0. The van der Waals surface area contributed by atoms with Gasteiger partial charge in [0, 0.05) is 55.6 Å². The first-order valence-electron chi connectivity index (χ1n) is 6.87. The number of carbonyl (C=O) groups is 4. The summed E-state index contributed by atoms with van der Waals surface area (Å²) in [6, 6.07) is 0. The van der Waals surface area contributed by atoms with Crippen LogP contribution in [0.5, 0.6) is 0 Å². The minimum atomic E-state index is -1.51. The maximum Gasteiger partial charge on any atom is 0.252 e. The van der Waals surface area contributed by atoms with E-state index in [1.807, 2.05) is 0 Å². The van der Waals surface area contributed by atoms with Gasteiger partial charge in [-0.15, -0.1) is 26.3 Å². The van der Waals surface area contributed by atoms with E-state index in [2.05, 4.69) is 45.3 Å². The third-order valence-corrected chi connectivity index (χ3v) is 1.28. The molecule has 0 N–H and O–H groups in total. The van der Waals surface area contributed by atoms with Gasteiger partial charge in [-0.05, 0) is 0 Å². The van der Waals surface area contributed by atoms with Gasteiger partial charge < -0.3 is 58.6 Å². The first-order valence-corrected chi connectivity index (χ1v) is 6.87. The Kier molecular flexibility index (Phi) is 41.5. The summed E-state index contributed by atoms with van der Waals surface area (Å²) in [7, 11) is 0. The largest absolute Gasteiger partial charge is 0.546 e. The molecule has 0 aromatic heterocycles. The van der Waals surface area contributed by atoms with Gasteiger partial charge in [0.05, 0.1) is 0 Å². The fraction of sp³-hybridized carbons (Fsp3) is 0.250. The Balaban J connectivity index is -0.0000000873. The Morgan fingerprint density at radius 2 is 0.655 bits per heavy atom. The van der Waals surface area contributed by atoms with Gasteiger partial charge in [0.15, 0.2) is 0 Å². The number of hydrogen-bond donors (Lipinski definition) is 0. The Morgan fingerprint density at radius 1 is 0.517 bits per heavy atom. The predicted molar refractivity (Wildman–Crippen MR) is 86.2 cm³/mol. The molecule has 0 rings (SSSR count). The van der Waals surface area contributed by atoms with E-state index < -0.39 is 24.6 Å². The van der Waals surface area contributed by atoms with Gasteiger partial charge in [-0.3, -0.25) is 0 Å².